The first-order valence-electron chi connectivity index (χ1n) is 10.8. The second-order valence-corrected chi connectivity index (χ2v) is 8.82. The van der Waals surface area contributed by atoms with Gasteiger partial charge in [0.25, 0.3) is 0 Å². The van der Waals surface area contributed by atoms with Gasteiger partial charge in [-0.3, -0.25) is 14.5 Å². The topological polar surface area (TPSA) is 71.0 Å². The highest BCUT2D eigenvalue weighted by atomic mass is 32.2. The molecule has 0 aliphatic carbocycles. The van der Waals surface area contributed by atoms with Gasteiger partial charge in [0.05, 0.1) is 18.5 Å². The molecule has 2 amide bonds. The van der Waals surface area contributed by atoms with Crippen LogP contribution in [0, 0.1) is 5.82 Å². The van der Waals surface area contributed by atoms with E-state index in [1.807, 2.05) is 36.4 Å². The maximum Gasteiger partial charge on any atom is 0.238 e. The van der Waals surface area contributed by atoms with Crippen LogP contribution in [0.1, 0.15) is 12.0 Å². The van der Waals surface area contributed by atoms with Crippen LogP contribution < -0.4 is 10.1 Å². The lowest BCUT2D eigenvalue weighted by molar-refractivity contribution is -0.129. The standard InChI is InChI=1S/C26H24FN3O3S/c1-33-22-10-6-5-9-21(22)29-25(32)23-17-24(31)30(16-15-18-7-3-2-4-8-18)26(34-23)28-20-13-11-19(27)12-14-20/h2-14,23H,15-17H2,1H3,(H,29,32)/t23-/m0/s1. The smallest absolute Gasteiger partial charge is 0.238 e. The fourth-order valence-electron chi connectivity index (χ4n) is 3.53. The van der Waals surface area contributed by atoms with E-state index in [1.54, 1.807) is 35.2 Å². The first-order valence-corrected chi connectivity index (χ1v) is 11.7. The molecule has 0 spiro atoms. The third kappa shape index (κ3) is 5.82. The summed E-state index contributed by atoms with van der Waals surface area (Å²) >= 11 is 1.23. The van der Waals surface area contributed by atoms with Crippen LogP contribution in [0.15, 0.2) is 83.9 Å². The zero-order valence-corrected chi connectivity index (χ0v) is 19.4. The van der Waals surface area contributed by atoms with Crippen molar-refractivity contribution >= 4 is 40.1 Å². The van der Waals surface area contributed by atoms with Crippen LogP contribution in [0.5, 0.6) is 5.75 Å². The summed E-state index contributed by atoms with van der Waals surface area (Å²) in [5.74, 6) is -0.327. The minimum absolute atomic E-state index is 0.0445. The molecular weight excluding hydrogens is 453 g/mol. The van der Waals surface area contributed by atoms with E-state index in [-0.39, 0.29) is 24.1 Å². The molecule has 1 saturated heterocycles. The van der Waals surface area contributed by atoms with Gasteiger partial charge < -0.3 is 10.1 Å². The Bertz CT molecular complexity index is 1190. The van der Waals surface area contributed by atoms with Gasteiger partial charge >= 0.3 is 0 Å². The number of thioether (sulfide) groups is 1. The summed E-state index contributed by atoms with van der Waals surface area (Å²) in [6.45, 7) is 0.427. The van der Waals surface area contributed by atoms with E-state index in [4.69, 9.17) is 4.74 Å². The second kappa shape index (κ2) is 11.0. The summed E-state index contributed by atoms with van der Waals surface area (Å²) in [6, 6.07) is 22.7. The molecule has 0 radical (unpaired) electrons. The van der Waals surface area contributed by atoms with Crippen LogP contribution in [0.25, 0.3) is 0 Å². The van der Waals surface area contributed by atoms with Gasteiger partial charge in [-0.1, -0.05) is 54.2 Å². The van der Waals surface area contributed by atoms with E-state index in [0.717, 1.165) is 5.56 Å². The number of carbonyl (C=O) groups is 2. The summed E-state index contributed by atoms with van der Waals surface area (Å²) in [5.41, 5.74) is 2.14. The molecule has 0 unspecified atom stereocenters. The normalized spacial score (nSPS) is 17.0. The summed E-state index contributed by atoms with van der Waals surface area (Å²) < 4.78 is 18.7. The van der Waals surface area contributed by atoms with Crippen LogP contribution in [-0.4, -0.2) is 40.8 Å². The van der Waals surface area contributed by atoms with E-state index in [0.29, 0.717) is 35.3 Å². The number of rotatable bonds is 7. The number of benzene rings is 3. The number of anilines is 1. The Morgan fingerprint density at radius 2 is 1.79 bits per heavy atom. The number of hydrogen-bond acceptors (Lipinski definition) is 5. The number of amidine groups is 1. The number of aliphatic imine (C=N–C) groups is 1. The van der Waals surface area contributed by atoms with Crippen molar-refractivity contribution in [1.82, 2.24) is 4.90 Å². The van der Waals surface area contributed by atoms with Crippen molar-refractivity contribution in [2.45, 2.75) is 18.1 Å². The number of halogens is 1. The minimum atomic E-state index is -0.662. The molecule has 0 bridgehead atoms. The molecule has 1 aliphatic heterocycles. The van der Waals surface area contributed by atoms with Gasteiger partial charge in [0.15, 0.2) is 5.17 Å². The van der Waals surface area contributed by atoms with E-state index < -0.39 is 5.25 Å². The fraction of sp³-hybridized carbons (Fsp3) is 0.192. The number of nitrogens with one attached hydrogen (secondary N) is 1. The van der Waals surface area contributed by atoms with Gasteiger partial charge in [-0.05, 0) is 48.4 Å². The fourth-order valence-corrected chi connectivity index (χ4v) is 4.66. The Balaban J connectivity index is 1.56. The molecule has 1 fully saturated rings. The van der Waals surface area contributed by atoms with Crippen LogP contribution in [0.2, 0.25) is 0 Å². The highest BCUT2D eigenvalue weighted by molar-refractivity contribution is 8.15. The predicted molar refractivity (Wildman–Crippen MR) is 133 cm³/mol. The average molecular weight is 478 g/mol. The molecule has 6 nitrogen and oxygen atoms in total. The van der Waals surface area contributed by atoms with Crippen LogP contribution in [0.3, 0.4) is 0 Å². The molecular formula is C26H24FN3O3S. The third-order valence-electron chi connectivity index (χ3n) is 5.32. The summed E-state index contributed by atoms with van der Waals surface area (Å²) in [5, 5.41) is 2.61. The maximum atomic E-state index is 13.4. The Morgan fingerprint density at radius 1 is 1.09 bits per heavy atom. The van der Waals surface area contributed by atoms with Crippen molar-refractivity contribution in [2.24, 2.45) is 4.99 Å². The quantitative estimate of drug-likeness (QED) is 0.518. The van der Waals surface area contributed by atoms with E-state index >= 15 is 0 Å². The number of hydrogen-bond donors (Lipinski definition) is 1. The largest absolute Gasteiger partial charge is 0.495 e. The molecule has 4 rings (SSSR count). The second-order valence-electron chi connectivity index (χ2n) is 7.65. The molecule has 1 heterocycles. The van der Waals surface area contributed by atoms with Gasteiger partial charge in [-0.15, -0.1) is 0 Å². The van der Waals surface area contributed by atoms with Crippen LogP contribution in [0.4, 0.5) is 15.8 Å². The number of amides is 2. The highest BCUT2D eigenvalue weighted by Crippen LogP contribution is 2.31. The number of para-hydroxylation sites is 2. The van der Waals surface area contributed by atoms with Crippen molar-refractivity contribution in [1.29, 1.82) is 0 Å². The van der Waals surface area contributed by atoms with E-state index in [2.05, 4.69) is 10.3 Å². The lowest BCUT2D eigenvalue weighted by Gasteiger charge is -2.32. The predicted octanol–water partition coefficient (Wildman–Crippen LogP) is 5.04. The summed E-state index contributed by atoms with van der Waals surface area (Å²) in [7, 11) is 1.53. The average Bonchev–Trinajstić information content (AvgIpc) is 2.85. The van der Waals surface area contributed by atoms with Gasteiger partial charge in [0, 0.05) is 13.0 Å². The van der Waals surface area contributed by atoms with Crippen molar-refractivity contribution in [3.05, 3.63) is 90.2 Å². The number of methoxy groups -OCH3 is 1. The van der Waals surface area contributed by atoms with Gasteiger partial charge in [-0.25, -0.2) is 9.38 Å². The van der Waals surface area contributed by atoms with E-state index in [1.165, 1.54) is 31.0 Å². The molecule has 8 heteroatoms. The first kappa shape index (κ1) is 23.5. The van der Waals surface area contributed by atoms with Crippen molar-refractivity contribution in [3.63, 3.8) is 0 Å². The molecule has 1 N–H and O–H groups in total. The molecule has 0 saturated carbocycles. The molecule has 174 valence electrons. The number of ether oxygens (including phenoxy) is 1. The van der Waals surface area contributed by atoms with Crippen molar-refractivity contribution in [2.75, 3.05) is 19.0 Å². The number of nitrogens with zero attached hydrogens (tertiary/aromatic N) is 2. The molecule has 3 aromatic rings. The Kier molecular flexibility index (Phi) is 7.59. The van der Waals surface area contributed by atoms with E-state index in [9.17, 15) is 14.0 Å². The van der Waals surface area contributed by atoms with Crippen LogP contribution >= 0.6 is 11.8 Å². The Labute approximate surface area is 201 Å². The molecule has 1 aliphatic rings. The molecule has 0 aromatic heterocycles. The Morgan fingerprint density at radius 3 is 2.53 bits per heavy atom. The summed E-state index contributed by atoms with van der Waals surface area (Å²) in [4.78, 5) is 32.4. The maximum absolute atomic E-state index is 13.4. The van der Waals surface area contributed by atoms with Gasteiger partial charge in [0.2, 0.25) is 11.8 Å². The van der Waals surface area contributed by atoms with Gasteiger partial charge in [0.1, 0.15) is 16.8 Å². The molecule has 3 aromatic carbocycles. The SMILES string of the molecule is COc1ccccc1NC(=O)[C@@H]1CC(=O)N(CCc2ccccc2)C(=Nc2ccc(F)cc2)S1. The molecule has 34 heavy (non-hydrogen) atoms. The zero-order chi connectivity index (χ0) is 23.9. The summed E-state index contributed by atoms with van der Waals surface area (Å²) in [6.07, 6.45) is 0.691. The zero-order valence-electron chi connectivity index (χ0n) is 18.6. The number of carbonyl (C=O) groups excluding carboxylic acids is 2. The highest BCUT2D eigenvalue weighted by Gasteiger charge is 2.36. The van der Waals surface area contributed by atoms with Crippen molar-refractivity contribution in [3.8, 4) is 5.75 Å². The lowest BCUT2D eigenvalue weighted by atomic mass is 10.1. The minimum Gasteiger partial charge on any atom is -0.495 e. The third-order valence-corrected chi connectivity index (χ3v) is 6.50. The monoisotopic (exact) mass is 477 g/mol. The first-order chi connectivity index (χ1) is 16.5. The van der Waals surface area contributed by atoms with Crippen molar-refractivity contribution < 1.29 is 18.7 Å². The van der Waals surface area contributed by atoms with Crippen LogP contribution in [-0.2, 0) is 16.0 Å². The van der Waals surface area contributed by atoms with Gasteiger partial charge in [-0.2, -0.15) is 0 Å². The Hall–Kier alpha value is -3.65. The lowest BCUT2D eigenvalue weighted by Crippen LogP contribution is -2.46. The molecule has 1 atom stereocenters.